The number of aryl methyl sites for hydroxylation is 1. The first-order valence-corrected chi connectivity index (χ1v) is 9.78. The first-order chi connectivity index (χ1) is 14.9. The maximum atomic E-state index is 14.3. The molecule has 11 heteroatoms. The maximum absolute atomic E-state index is 14.3. The third-order valence-corrected chi connectivity index (χ3v) is 5.51. The summed E-state index contributed by atoms with van der Waals surface area (Å²) >= 11 is 1.06. The second kappa shape index (κ2) is 8.40. The van der Waals surface area contributed by atoms with Crippen LogP contribution in [0.1, 0.15) is 10.4 Å². The number of nitro benzene ring substituents is 1. The van der Waals surface area contributed by atoms with E-state index in [1.807, 2.05) is 12.1 Å². The Morgan fingerprint density at radius 3 is 2.65 bits per heavy atom. The Hall–Kier alpha value is -3.99. The zero-order chi connectivity index (χ0) is 22.0. The van der Waals surface area contributed by atoms with Gasteiger partial charge in [0.15, 0.2) is 5.16 Å². The van der Waals surface area contributed by atoms with Gasteiger partial charge in [0, 0.05) is 36.8 Å². The van der Waals surface area contributed by atoms with E-state index in [4.69, 9.17) is 0 Å². The number of aromatic nitrogens is 4. The fourth-order valence-corrected chi connectivity index (χ4v) is 3.67. The van der Waals surface area contributed by atoms with Crippen molar-refractivity contribution in [2.75, 3.05) is 5.32 Å². The molecule has 0 saturated carbocycles. The molecule has 0 fully saturated rings. The topological polar surface area (TPSA) is 108 Å². The molecule has 0 spiro atoms. The molecule has 2 aromatic heterocycles. The smallest absolute Gasteiger partial charge is 0.284 e. The summed E-state index contributed by atoms with van der Waals surface area (Å²) in [6, 6.07) is 12.0. The number of hydrogen-bond donors (Lipinski definition) is 1. The number of nitrogens with zero attached hydrogens (tertiary/aromatic N) is 5. The number of nitrogens with one attached hydrogen (secondary N) is 1. The summed E-state index contributed by atoms with van der Waals surface area (Å²) < 4.78 is 17.6. The van der Waals surface area contributed by atoms with Crippen molar-refractivity contribution < 1.29 is 14.1 Å². The molecule has 156 valence electrons. The minimum atomic E-state index is -0.665. The predicted octanol–water partition coefficient (Wildman–Crippen LogP) is 4.06. The van der Waals surface area contributed by atoms with Crippen LogP contribution in [0.3, 0.4) is 0 Å². The van der Waals surface area contributed by atoms with Crippen molar-refractivity contribution in [3.8, 4) is 5.69 Å². The predicted molar refractivity (Wildman–Crippen MR) is 112 cm³/mol. The molecule has 0 aliphatic rings. The van der Waals surface area contributed by atoms with E-state index in [0.717, 1.165) is 17.8 Å². The first kappa shape index (κ1) is 20.3. The zero-order valence-corrected chi connectivity index (χ0v) is 16.9. The van der Waals surface area contributed by atoms with Gasteiger partial charge >= 0.3 is 0 Å². The number of amides is 1. The second-order valence-corrected chi connectivity index (χ2v) is 7.48. The molecule has 9 nitrogen and oxygen atoms in total. The zero-order valence-electron chi connectivity index (χ0n) is 16.1. The number of rotatable bonds is 6. The molecule has 31 heavy (non-hydrogen) atoms. The van der Waals surface area contributed by atoms with Crippen LogP contribution in [-0.2, 0) is 7.05 Å². The van der Waals surface area contributed by atoms with E-state index in [9.17, 15) is 19.3 Å². The van der Waals surface area contributed by atoms with Gasteiger partial charge in [-0.3, -0.25) is 14.9 Å². The fourth-order valence-electron chi connectivity index (χ4n) is 2.82. The number of hydrogen-bond acceptors (Lipinski definition) is 6. The molecule has 4 aromatic rings. The van der Waals surface area contributed by atoms with Crippen LogP contribution in [0.25, 0.3) is 5.69 Å². The van der Waals surface area contributed by atoms with Crippen LogP contribution < -0.4 is 5.32 Å². The van der Waals surface area contributed by atoms with Gasteiger partial charge in [0.05, 0.1) is 15.5 Å². The SMILES string of the molecule is Cn1cnnc1Sc1ccc(C(=O)Nc2cc(-n3cccc3)ccc2F)cc1[N+](=O)[O-]. The molecule has 2 aromatic carbocycles. The van der Waals surface area contributed by atoms with E-state index in [2.05, 4.69) is 15.5 Å². The summed E-state index contributed by atoms with van der Waals surface area (Å²) in [5.74, 6) is -1.28. The second-order valence-electron chi connectivity index (χ2n) is 6.47. The van der Waals surface area contributed by atoms with Crippen LogP contribution in [0.5, 0.6) is 0 Å². The van der Waals surface area contributed by atoms with Gasteiger partial charge in [-0.15, -0.1) is 10.2 Å². The highest BCUT2D eigenvalue weighted by Gasteiger charge is 2.20. The van der Waals surface area contributed by atoms with Crippen LogP contribution in [-0.4, -0.2) is 30.2 Å². The normalized spacial score (nSPS) is 10.8. The summed E-state index contributed by atoms with van der Waals surface area (Å²) in [7, 11) is 1.71. The minimum absolute atomic E-state index is 0.0276. The lowest BCUT2D eigenvalue weighted by atomic mass is 10.1. The Morgan fingerprint density at radius 2 is 1.97 bits per heavy atom. The van der Waals surface area contributed by atoms with E-state index < -0.39 is 16.6 Å². The van der Waals surface area contributed by atoms with Gasteiger partial charge < -0.3 is 14.5 Å². The van der Waals surface area contributed by atoms with Crippen molar-refractivity contribution in [1.82, 2.24) is 19.3 Å². The van der Waals surface area contributed by atoms with E-state index in [-0.39, 0.29) is 16.9 Å². The molecule has 0 aliphatic carbocycles. The summed E-state index contributed by atoms with van der Waals surface area (Å²) in [5, 5.41) is 22.1. The number of halogens is 1. The molecule has 0 unspecified atom stereocenters. The lowest BCUT2D eigenvalue weighted by Gasteiger charge is -2.10. The molecule has 0 radical (unpaired) electrons. The largest absolute Gasteiger partial charge is 0.324 e. The first-order valence-electron chi connectivity index (χ1n) is 8.97. The average molecular weight is 438 g/mol. The highest BCUT2D eigenvalue weighted by atomic mass is 32.2. The van der Waals surface area contributed by atoms with Crippen LogP contribution >= 0.6 is 11.8 Å². The molecule has 0 atom stereocenters. The fraction of sp³-hybridized carbons (Fsp3) is 0.0500. The summed E-state index contributed by atoms with van der Waals surface area (Å²) in [6.07, 6.45) is 5.05. The number of carbonyl (C=O) groups is 1. The Labute approximate surface area is 179 Å². The van der Waals surface area contributed by atoms with Crippen LogP contribution in [0.2, 0.25) is 0 Å². The molecule has 4 rings (SSSR count). The average Bonchev–Trinajstić information content (AvgIpc) is 3.42. The van der Waals surface area contributed by atoms with Crippen molar-refractivity contribution in [1.29, 1.82) is 0 Å². The number of anilines is 1. The van der Waals surface area contributed by atoms with Crippen molar-refractivity contribution in [2.24, 2.45) is 7.05 Å². The van der Waals surface area contributed by atoms with Gasteiger partial charge in [0.2, 0.25) is 0 Å². The molecular formula is C20H15FN6O3S. The standard InChI is InChI=1S/C20H15FN6O3S/c1-25-12-22-24-20(25)31-18-7-4-13(10-17(18)27(29)30)19(28)23-16-11-14(5-6-15(16)21)26-8-2-3-9-26/h2-12H,1H3,(H,23,28). The third-order valence-electron chi connectivity index (χ3n) is 4.39. The highest BCUT2D eigenvalue weighted by molar-refractivity contribution is 7.99. The van der Waals surface area contributed by atoms with Gasteiger partial charge in [-0.05, 0) is 54.2 Å². The van der Waals surface area contributed by atoms with Gasteiger partial charge in [0.1, 0.15) is 12.1 Å². The quantitative estimate of drug-likeness (QED) is 0.359. The Balaban J connectivity index is 1.60. The van der Waals surface area contributed by atoms with Crippen molar-refractivity contribution in [3.05, 3.63) is 88.7 Å². The molecule has 0 bridgehead atoms. The molecule has 1 amide bonds. The minimum Gasteiger partial charge on any atom is -0.324 e. The summed E-state index contributed by atoms with van der Waals surface area (Å²) in [4.78, 5) is 24.0. The lowest BCUT2D eigenvalue weighted by molar-refractivity contribution is -0.387. The maximum Gasteiger partial charge on any atom is 0.284 e. The molecule has 1 N–H and O–H groups in total. The number of carbonyl (C=O) groups excluding carboxylic acids is 1. The highest BCUT2D eigenvalue weighted by Crippen LogP contribution is 2.34. The van der Waals surface area contributed by atoms with E-state index >= 15 is 0 Å². The lowest BCUT2D eigenvalue weighted by Crippen LogP contribution is -2.14. The van der Waals surface area contributed by atoms with Crippen molar-refractivity contribution in [2.45, 2.75) is 10.1 Å². The molecule has 2 heterocycles. The van der Waals surface area contributed by atoms with Crippen molar-refractivity contribution >= 4 is 29.0 Å². The van der Waals surface area contributed by atoms with Gasteiger partial charge in [0.25, 0.3) is 11.6 Å². The van der Waals surface area contributed by atoms with Gasteiger partial charge in [-0.25, -0.2) is 4.39 Å². The van der Waals surface area contributed by atoms with E-state index in [0.29, 0.717) is 15.7 Å². The Bertz CT molecular complexity index is 1270. The summed E-state index contributed by atoms with van der Waals surface area (Å²) in [5.41, 5.74) is 0.390. The molecule has 0 saturated heterocycles. The third kappa shape index (κ3) is 4.31. The molecule has 0 aliphatic heterocycles. The van der Waals surface area contributed by atoms with Crippen LogP contribution in [0.4, 0.5) is 15.8 Å². The van der Waals surface area contributed by atoms with Gasteiger partial charge in [-0.2, -0.15) is 0 Å². The van der Waals surface area contributed by atoms with Gasteiger partial charge in [-0.1, -0.05) is 0 Å². The monoisotopic (exact) mass is 438 g/mol. The van der Waals surface area contributed by atoms with E-state index in [1.54, 1.807) is 34.6 Å². The summed E-state index contributed by atoms with van der Waals surface area (Å²) in [6.45, 7) is 0. The Morgan fingerprint density at radius 1 is 1.19 bits per heavy atom. The van der Waals surface area contributed by atoms with Crippen molar-refractivity contribution in [3.63, 3.8) is 0 Å². The van der Waals surface area contributed by atoms with Crippen LogP contribution in [0.15, 0.2) is 77.3 Å². The Kier molecular flexibility index (Phi) is 5.50. The molecular weight excluding hydrogens is 423 g/mol. The number of nitro groups is 1. The van der Waals surface area contributed by atoms with E-state index in [1.165, 1.54) is 30.6 Å². The van der Waals surface area contributed by atoms with Crippen LogP contribution in [0, 0.1) is 15.9 Å². The number of benzene rings is 2.